The van der Waals surface area contributed by atoms with Gasteiger partial charge in [-0.3, -0.25) is 0 Å². The molecule has 1 aromatic heterocycles. The first-order valence-electron chi connectivity index (χ1n) is 13.5. The maximum Gasteiger partial charge on any atom is 0.0547 e. The minimum atomic E-state index is -0.0671. The summed E-state index contributed by atoms with van der Waals surface area (Å²) in [6.45, 7) is 9.45. The molecule has 3 heteroatoms. The molecule has 190 valence electrons. The highest BCUT2D eigenvalue weighted by molar-refractivity contribution is 9.10. The summed E-state index contributed by atoms with van der Waals surface area (Å²) in [5, 5.41) is 2.64. The number of nitrogens with zero attached hydrogens (tertiary/aromatic N) is 1. The van der Waals surface area contributed by atoms with Crippen molar-refractivity contribution < 1.29 is 0 Å². The molecule has 6 aromatic rings. The molecule has 0 aliphatic heterocycles. The van der Waals surface area contributed by atoms with Crippen molar-refractivity contribution in [3.63, 3.8) is 0 Å². The number of hydrogen-bond donors (Lipinski definition) is 0. The second kappa shape index (κ2) is 7.74. The summed E-state index contributed by atoms with van der Waals surface area (Å²) in [5.41, 5.74) is 14.5. The van der Waals surface area contributed by atoms with Gasteiger partial charge in [-0.2, -0.15) is 0 Å². The number of halogens is 2. The first kappa shape index (κ1) is 23.7. The smallest absolute Gasteiger partial charge is 0.0547 e. The fourth-order valence-corrected chi connectivity index (χ4v) is 7.99. The Morgan fingerprint density at radius 2 is 0.923 bits per heavy atom. The minimum Gasteiger partial charge on any atom is -0.309 e. The highest BCUT2D eigenvalue weighted by Gasteiger charge is 2.38. The van der Waals surface area contributed by atoms with Crippen molar-refractivity contribution in [1.29, 1.82) is 0 Å². The van der Waals surface area contributed by atoms with Gasteiger partial charge in [0, 0.05) is 36.2 Å². The molecule has 0 amide bonds. The summed E-state index contributed by atoms with van der Waals surface area (Å²) in [5.74, 6) is 0. The summed E-state index contributed by atoms with van der Waals surface area (Å²) < 4.78 is 4.74. The van der Waals surface area contributed by atoms with Crippen molar-refractivity contribution in [2.24, 2.45) is 0 Å². The van der Waals surface area contributed by atoms with Crippen molar-refractivity contribution >= 4 is 53.7 Å². The van der Waals surface area contributed by atoms with Gasteiger partial charge in [0.25, 0.3) is 0 Å². The third kappa shape index (κ3) is 3.06. The fourth-order valence-electron chi connectivity index (χ4n) is 7.27. The van der Waals surface area contributed by atoms with Crippen LogP contribution in [0.4, 0.5) is 0 Å². The normalized spacial score (nSPS) is 15.8. The van der Waals surface area contributed by atoms with Gasteiger partial charge >= 0.3 is 0 Å². The Hall–Kier alpha value is -3.14. The van der Waals surface area contributed by atoms with E-state index in [1.54, 1.807) is 0 Å². The highest BCUT2D eigenvalue weighted by atomic mass is 79.9. The van der Waals surface area contributed by atoms with E-state index in [0.29, 0.717) is 0 Å². The van der Waals surface area contributed by atoms with Crippen molar-refractivity contribution in [3.05, 3.63) is 122 Å². The summed E-state index contributed by atoms with van der Waals surface area (Å²) in [7, 11) is 0. The SMILES string of the molecule is CC1(C)c2cc(Br)ccc2-c2cc3c(cc21)c1cc2c(cc1n3-c1ccccc1)-c1ccc(Br)cc1C2(C)C. The lowest BCUT2D eigenvalue weighted by molar-refractivity contribution is 0.660. The monoisotopic (exact) mass is 631 g/mol. The van der Waals surface area contributed by atoms with Crippen LogP contribution in [-0.4, -0.2) is 4.57 Å². The summed E-state index contributed by atoms with van der Waals surface area (Å²) >= 11 is 7.44. The van der Waals surface area contributed by atoms with Gasteiger partial charge in [-0.15, -0.1) is 0 Å². The Labute approximate surface area is 245 Å². The van der Waals surface area contributed by atoms with Crippen LogP contribution in [0.5, 0.6) is 0 Å². The first-order valence-corrected chi connectivity index (χ1v) is 15.1. The van der Waals surface area contributed by atoms with Gasteiger partial charge in [-0.25, -0.2) is 0 Å². The van der Waals surface area contributed by atoms with Gasteiger partial charge in [0.05, 0.1) is 11.0 Å². The van der Waals surface area contributed by atoms with Crippen LogP contribution in [0.15, 0.2) is 99.9 Å². The number of para-hydroxylation sites is 1. The molecule has 0 fully saturated rings. The molecule has 2 aliphatic carbocycles. The molecule has 5 aromatic carbocycles. The van der Waals surface area contributed by atoms with E-state index in [1.165, 1.54) is 72.0 Å². The van der Waals surface area contributed by atoms with E-state index in [4.69, 9.17) is 0 Å². The molecule has 0 spiro atoms. The van der Waals surface area contributed by atoms with Crippen LogP contribution in [-0.2, 0) is 10.8 Å². The van der Waals surface area contributed by atoms with Crippen LogP contribution in [0, 0.1) is 0 Å². The first-order chi connectivity index (χ1) is 18.7. The van der Waals surface area contributed by atoms with Crippen LogP contribution >= 0.6 is 31.9 Å². The number of hydrogen-bond acceptors (Lipinski definition) is 0. The van der Waals surface area contributed by atoms with Crippen LogP contribution < -0.4 is 0 Å². The molecule has 0 N–H and O–H groups in total. The number of fused-ring (bicyclic) bond motifs is 9. The minimum absolute atomic E-state index is 0.0671. The average molecular weight is 633 g/mol. The third-order valence-electron chi connectivity index (χ3n) is 9.30. The largest absolute Gasteiger partial charge is 0.309 e. The van der Waals surface area contributed by atoms with Crippen LogP contribution in [0.3, 0.4) is 0 Å². The second-order valence-corrected chi connectivity index (χ2v) is 14.0. The fraction of sp³-hybridized carbons (Fsp3) is 0.167. The van der Waals surface area contributed by atoms with E-state index in [2.05, 4.69) is 155 Å². The Morgan fingerprint density at radius 3 is 1.38 bits per heavy atom. The molecule has 0 unspecified atom stereocenters. The quantitative estimate of drug-likeness (QED) is 0.170. The topological polar surface area (TPSA) is 4.93 Å². The molecule has 0 atom stereocenters. The zero-order valence-electron chi connectivity index (χ0n) is 22.4. The van der Waals surface area contributed by atoms with E-state index < -0.39 is 0 Å². The Balaban J connectivity index is 1.52. The Morgan fingerprint density at radius 1 is 0.487 bits per heavy atom. The molecular weight excluding hydrogens is 606 g/mol. The molecule has 39 heavy (non-hydrogen) atoms. The Kier molecular flexibility index (Phi) is 4.71. The van der Waals surface area contributed by atoms with E-state index in [0.717, 1.165) is 8.95 Å². The van der Waals surface area contributed by atoms with Gasteiger partial charge in [0.2, 0.25) is 0 Å². The lowest BCUT2D eigenvalue weighted by atomic mass is 9.81. The van der Waals surface area contributed by atoms with Crippen LogP contribution in [0.25, 0.3) is 49.7 Å². The van der Waals surface area contributed by atoms with Gasteiger partial charge < -0.3 is 4.57 Å². The number of rotatable bonds is 1. The molecule has 0 saturated carbocycles. The predicted molar refractivity (Wildman–Crippen MR) is 171 cm³/mol. The lowest BCUT2D eigenvalue weighted by Gasteiger charge is -2.22. The molecular formula is C36H27Br2N. The van der Waals surface area contributed by atoms with E-state index >= 15 is 0 Å². The van der Waals surface area contributed by atoms with Crippen molar-refractivity contribution in [2.45, 2.75) is 38.5 Å². The summed E-state index contributed by atoms with van der Waals surface area (Å²) in [6.07, 6.45) is 0. The van der Waals surface area contributed by atoms with Gasteiger partial charge in [-0.05, 0) is 105 Å². The third-order valence-corrected chi connectivity index (χ3v) is 10.3. The number of benzene rings is 5. The van der Waals surface area contributed by atoms with Crippen molar-refractivity contribution in [1.82, 2.24) is 4.57 Å². The zero-order chi connectivity index (χ0) is 26.8. The summed E-state index contributed by atoms with van der Waals surface area (Å²) in [6, 6.07) is 34.2. The molecule has 0 bridgehead atoms. The average Bonchev–Trinajstić information content (AvgIpc) is 3.43. The van der Waals surface area contributed by atoms with E-state index in [-0.39, 0.29) is 10.8 Å². The van der Waals surface area contributed by atoms with E-state index in [9.17, 15) is 0 Å². The van der Waals surface area contributed by atoms with E-state index in [1.807, 2.05) is 0 Å². The van der Waals surface area contributed by atoms with Crippen LogP contribution in [0.1, 0.15) is 49.9 Å². The molecule has 0 radical (unpaired) electrons. The molecule has 0 saturated heterocycles. The number of aromatic nitrogens is 1. The molecule has 2 aliphatic rings. The van der Waals surface area contributed by atoms with Gasteiger partial charge in [0.15, 0.2) is 0 Å². The Bertz CT molecular complexity index is 1900. The lowest BCUT2D eigenvalue weighted by Crippen LogP contribution is -2.15. The van der Waals surface area contributed by atoms with Gasteiger partial charge in [-0.1, -0.05) is 89.9 Å². The maximum atomic E-state index is 3.72. The maximum absolute atomic E-state index is 3.72. The van der Waals surface area contributed by atoms with Crippen molar-refractivity contribution in [2.75, 3.05) is 0 Å². The standard InChI is InChI=1S/C36H27Br2N/c1-35(2)29-14-20(37)10-12-23(29)25-18-33-27(16-31(25)35)28-17-32-26(19-34(28)39(33)22-8-6-5-7-9-22)24-13-11-21(38)15-30(24)36(32,3)4/h5-19H,1-4H3. The van der Waals surface area contributed by atoms with Crippen molar-refractivity contribution in [3.8, 4) is 27.9 Å². The zero-order valence-corrected chi connectivity index (χ0v) is 25.5. The highest BCUT2D eigenvalue weighted by Crippen LogP contribution is 2.54. The predicted octanol–water partition coefficient (Wildman–Crippen LogP) is 10.9. The molecule has 1 heterocycles. The van der Waals surface area contributed by atoms with Crippen LogP contribution in [0.2, 0.25) is 0 Å². The molecule has 8 rings (SSSR count). The van der Waals surface area contributed by atoms with Gasteiger partial charge in [0.1, 0.15) is 0 Å². The second-order valence-electron chi connectivity index (χ2n) is 12.1. The molecule has 1 nitrogen and oxygen atoms in total. The summed E-state index contributed by atoms with van der Waals surface area (Å²) in [4.78, 5) is 0.